The van der Waals surface area contributed by atoms with E-state index in [1.807, 2.05) is 0 Å². The van der Waals surface area contributed by atoms with Crippen molar-refractivity contribution in [3.8, 4) is 0 Å². The maximum atomic E-state index is 5.33. The van der Waals surface area contributed by atoms with E-state index >= 15 is 0 Å². The summed E-state index contributed by atoms with van der Waals surface area (Å²) in [6.07, 6.45) is 6.55. The van der Waals surface area contributed by atoms with E-state index in [9.17, 15) is 0 Å². The van der Waals surface area contributed by atoms with Gasteiger partial charge in [0.2, 0.25) is 0 Å². The van der Waals surface area contributed by atoms with Crippen LogP contribution in [0.15, 0.2) is 0 Å². The standard InChI is InChI=1S/C9H20ClN/c1-3-6-9(2)7-4-5-8-11-10/h9,11H,3-8H2,1-2H3. The van der Waals surface area contributed by atoms with Gasteiger partial charge >= 0.3 is 0 Å². The van der Waals surface area contributed by atoms with E-state index in [0.717, 1.165) is 12.5 Å². The summed E-state index contributed by atoms with van der Waals surface area (Å²) in [4.78, 5) is 2.65. The lowest BCUT2D eigenvalue weighted by Gasteiger charge is -2.08. The van der Waals surface area contributed by atoms with Crippen molar-refractivity contribution in [3.05, 3.63) is 0 Å². The molecule has 0 rings (SSSR count). The van der Waals surface area contributed by atoms with Gasteiger partial charge in [-0.25, -0.2) is 4.84 Å². The second-order valence-corrected chi connectivity index (χ2v) is 3.54. The molecule has 1 N–H and O–H groups in total. The maximum Gasteiger partial charge on any atom is 0.0108 e. The molecule has 0 bridgehead atoms. The third kappa shape index (κ3) is 8.15. The summed E-state index contributed by atoms with van der Waals surface area (Å²) in [5.41, 5.74) is 0. The van der Waals surface area contributed by atoms with Gasteiger partial charge in [0.15, 0.2) is 0 Å². The highest BCUT2D eigenvalue weighted by Crippen LogP contribution is 2.12. The molecule has 0 saturated carbocycles. The predicted molar refractivity (Wildman–Crippen MR) is 51.8 cm³/mol. The lowest BCUT2D eigenvalue weighted by molar-refractivity contribution is 0.461. The Morgan fingerprint density at radius 3 is 2.55 bits per heavy atom. The van der Waals surface area contributed by atoms with E-state index in [0.29, 0.717) is 0 Å². The number of unbranched alkanes of at least 4 members (excludes halogenated alkanes) is 1. The first-order valence-corrected chi connectivity index (χ1v) is 5.02. The van der Waals surface area contributed by atoms with Crippen LogP contribution in [0.2, 0.25) is 0 Å². The number of hydrogen-bond donors (Lipinski definition) is 1. The minimum Gasteiger partial charge on any atom is -0.234 e. The van der Waals surface area contributed by atoms with Crippen molar-refractivity contribution in [2.75, 3.05) is 6.54 Å². The van der Waals surface area contributed by atoms with Gasteiger partial charge in [-0.15, -0.1) is 0 Å². The molecule has 1 atom stereocenters. The quantitative estimate of drug-likeness (QED) is 0.465. The lowest BCUT2D eigenvalue weighted by atomic mass is 9.99. The molecule has 0 radical (unpaired) electrons. The van der Waals surface area contributed by atoms with Crippen LogP contribution in [0.1, 0.15) is 46.0 Å². The number of halogens is 1. The summed E-state index contributed by atoms with van der Waals surface area (Å²) in [6.45, 7) is 5.52. The van der Waals surface area contributed by atoms with Crippen molar-refractivity contribution >= 4 is 11.8 Å². The summed E-state index contributed by atoms with van der Waals surface area (Å²) in [5, 5.41) is 0. The second-order valence-electron chi connectivity index (χ2n) is 3.27. The van der Waals surface area contributed by atoms with Crippen molar-refractivity contribution < 1.29 is 0 Å². The average Bonchev–Trinajstić information content (AvgIpc) is 1.99. The molecule has 0 aromatic heterocycles. The Balaban J connectivity index is 2.97. The van der Waals surface area contributed by atoms with Crippen LogP contribution in [0.5, 0.6) is 0 Å². The molecule has 0 aromatic carbocycles. The minimum atomic E-state index is 0.898. The normalized spacial score (nSPS) is 13.4. The van der Waals surface area contributed by atoms with Crippen LogP contribution in [0.4, 0.5) is 0 Å². The van der Waals surface area contributed by atoms with E-state index in [2.05, 4.69) is 18.7 Å². The molecule has 0 aliphatic rings. The summed E-state index contributed by atoms with van der Waals surface area (Å²) in [5.74, 6) is 0.898. The molecule has 0 fully saturated rings. The van der Waals surface area contributed by atoms with Crippen LogP contribution < -0.4 is 4.84 Å². The molecule has 68 valence electrons. The first-order chi connectivity index (χ1) is 5.31. The van der Waals surface area contributed by atoms with Gasteiger partial charge in [0.25, 0.3) is 0 Å². The van der Waals surface area contributed by atoms with Crippen molar-refractivity contribution in [3.63, 3.8) is 0 Å². The smallest absolute Gasteiger partial charge is 0.0108 e. The molecule has 11 heavy (non-hydrogen) atoms. The Labute approximate surface area is 75.6 Å². The highest BCUT2D eigenvalue weighted by molar-refractivity contribution is 6.13. The van der Waals surface area contributed by atoms with E-state index in [-0.39, 0.29) is 0 Å². The zero-order chi connectivity index (χ0) is 8.53. The SMILES string of the molecule is CCCC(C)CCCCNCl. The third-order valence-corrected chi connectivity index (χ3v) is 2.19. The second kappa shape index (κ2) is 8.35. The zero-order valence-corrected chi connectivity index (χ0v) is 8.45. The van der Waals surface area contributed by atoms with Crippen LogP contribution in [-0.2, 0) is 0 Å². The summed E-state index contributed by atoms with van der Waals surface area (Å²) in [6, 6.07) is 0. The third-order valence-electron chi connectivity index (χ3n) is 2.00. The largest absolute Gasteiger partial charge is 0.234 e. The van der Waals surface area contributed by atoms with Crippen molar-refractivity contribution in [1.82, 2.24) is 4.84 Å². The van der Waals surface area contributed by atoms with Crippen LogP contribution in [0.25, 0.3) is 0 Å². The predicted octanol–water partition coefficient (Wildman–Crippen LogP) is 3.34. The highest BCUT2D eigenvalue weighted by Gasteiger charge is 1.98. The monoisotopic (exact) mass is 177 g/mol. The van der Waals surface area contributed by atoms with Crippen molar-refractivity contribution in [2.45, 2.75) is 46.0 Å². The van der Waals surface area contributed by atoms with E-state index in [1.165, 1.54) is 32.1 Å². The van der Waals surface area contributed by atoms with Gasteiger partial charge in [0, 0.05) is 6.54 Å². The first-order valence-electron chi connectivity index (χ1n) is 4.64. The molecule has 0 spiro atoms. The highest BCUT2D eigenvalue weighted by atomic mass is 35.5. The summed E-state index contributed by atoms with van der Waals surface area (Å²) >= 11 is 5.33. The van der Waals surface area contributed by atoms with Gasteiger partial charge in [-0.05, 0) is 24.1 Å². The molecular formula is C9H20ClN. The fraction of sp³-hybridized carbons (Fsp3) is 1.00. The molecule has 0 aliphatic heterocycles. The van der Waals surface area contributed by atoms with Gasteiger partial charge in [0.1, 0.15) is 0 Å². The first kappa shape index (κ1) is 11.2. The fourth-order valence-corrected chi connectivity index (χ4v) is 1.46. The average molecular weight is 178 g/mol. The Morgan fingerprint density at radius 1 is 1.27 bits per heavy atom. The summed E-state index contributed by atoms with van der Waals surface area (Å²) < 4.78 is 0. The fourth-order valence-electron chi connectivity index (χ4n) is 1.32. The Bertz CT molecular complexity index is 76.0. The maximum absolute atomic E-state index is 5.33. The molecule has 1 nitrogen and oxygen atoms in total. The topological polar surface area (TPSA) is 12.0 Å². The molecule has 0 aliphatic carbocycles. The number of nitrogens with one attached hydrogen (secondary N) is 1. The van der Waals surface area contributed by atoms with Crippen LogP contribution in [-0.4, -0.2) is 6.54 Å². The van der Waals surface area contributed by atoms with Gasteiger partial charge in [-0.2, -0.15) is 0 Å². The molecular weight excluding hydrogens is 158 g/mol. The molecule has 1 unspecified atom stereocenters. The molecule has 2 heteroatoms. The Kier molecular flexibility index (Phi) is 8.54. The van der Waals surface area contributed by atoms with Gasteiger partial charge in [0.05, 0.1) is 0 Å². The van der Waals surface area contributed by atoms with Crippen molar-refractivity contribution in [1.29, 1.82) is 0 Å². The number of hydrogen-bond acceptors (Lipinski definition) is 1. The minimum absolute atomic E-state index is 0.898. The Hall–Kier alpha value is 0.250. The van der Waals surface area contributed by atoms with E-state index in [1.54, 1.807) is 0 Å². The Morgan fingerprint density at radius 2 is 2.00 bits per heavy atom. The summed E-state index contributed by atoms with van der Waals surface area (Å²) in [7, 11) is 0. The van der Waals surface area contributed by atoms with Crippen LogP contribution in [0, 0.1) is 5.92 Å². The number of rotatable bonds is 7. The molecule has 0 aromatic rings. The molecule has 0 heterocycles. The molecule has 0 saturated heterocycles. The molecule has 0 amide bonds. The van der Waals surface area contributed by atoms with Gasteiger partial charge in [-0.1, -0.05) is 39.5 Å². The van der Waals surface area contributed by atoms with Crippen LogP contribution >= 0.6 is 11.8 Å². The van der Waals surface area contributed by atoms with E-state index in [4.69, 9.17) is 11.8 Å². The zero-order valence-electron chi connectivity index (χ0n) is 7.70. The lowest BCUT2D eigenvalue weighted by Crippen LogP contribution is -2.01. The van der Waals surface area contributed by atoms with Crippen LogP contribution in [0.3, 0.4) is 0 Å². The van der Waals surface area contributed by atoms with Crippen molar-refractivity contribution in [2.24, 2.45) is 5.92 Å². The van der Waals surface area contributed by atoms with Gasteiger partial charge < -0.3 is 0 Å². The van der Waals surface area contributed by atoms with E-state index < -0.39 is 0 Å². The van der Waals surface area contributed by atoms with Gasteiger partial charge in [-0.3, -0.25) is 0 Å².